The van der Waals surface area contributed by atoms with Gasteiger partial charge in [0.1, 0.15) is 5.78 Å². The molecular formula is C20H28O14. The second-order valence-electron chi connectivity index (χ2n) is 6.40. The van der Waals surface area contributed by atoms with Crippen LogP contribution in [0.1, 0.15) is 34.1 Å². The standard InChI is InChI=1S/C20H28O14/c1-5-29-14(23)9-32-13(22)8-20(28,19(27)34-11-16(25)31-7-3)17(12(4)21)18(26)33-10-15(24)30-6-2/h17,28H,5-11H2,1-4H3. The molecule has 0 aliphatic heterocycles. The first-order valence-electron chi connectivity index (χ1n) is 10.1. The van der Waals surface area contributed by atoms with Gasteiger partial charge in [0.25, 0.3) is 0 Å². The quantitative estimate of drug-likeness (QED) is 0.160. The van der Waals surface area contributed by atoms with Crippen molar-refractivity contribution < 1.29 is 67.1 Å². The summed E-state index contributed by atoms with van der Waals surface area (Å²) in [5, 5.41) is 10.9. The number of hydrogen-bond acceptors (Lipinski definition) is 14. The van der Waals surface area contributed by atoms with E-state index in [4.69, 9.17) is 0 Å². The molecule has 0 aromatic heterocycles. The minimum absolute atomic E-state index is 0.0147. The average molecular weight is 492 g/mol. The van der Waals surface area contributed by atoms with E-state index >= 15 is 0 Å². The fourth-order valence-electron chi connectivity index (χ4n) is 2.47. The van der Waals surface area contributed by atoms with E-state index in [9.17, 15) is 38.7 Å². The highest BCUT2D eigenvalue weighted by Crippen LogP contribution is 2.27. The molecule has 0 fully saturated rings. The Hall–Kier alpha value is -3.55. The van der Waals surface area contributed by atoms with Gasteiger partial charge >= 0.3 is 35.8 Å². The molecule has 2 atom stereocenters. The topological polar surface area (TPSA) is 195 Å². The van der Waals surface area contributed by atoms with Gasteiger partial charge in [-0.05, 0) is 27.7 Å². The first-order valence-corrected chi connectivity index (χ1v) is 10.1. The number of rotatable bonds is 15. The highest BCUT2D eigenvalue weighted by Gasteiger charge is 2.54. The summed E-state index contributed by atoms with van der Waals surface area (Å²) in [6, 6.07) is 0. The van der Waals surface area contributed by atoms with Gasteiger partial charge in [0.05, 0.1) is 26.2 Å². The van der Waals surface area contributed by atoms with Gasteiger partial charge in [-0.2, -0.15) is 0 Å². The highest BCUT2D eigenvalue weighted by atomic mass is 16.6. The summed E-state index contributed by atoms with van der Waals surface area (Å²) in [4.78, 5) is 83.7. The lowest BCUT2D eigenvalue weighted by Gasteiger charge is -2.30. The van der Waals surface area contributed by atoms with Gasteiger partial charge in [-0.1, -0.05) is 0 Å². The van der Waals surface area contributed by atoms with Gasteiger partial charge in [-0.3, -0.25) is 14.4 Å². The number of carbonyl (C=O) groups is 7. The van der Waals surface area contributed by atoms with Crippen molar-refractivity contribution in [2.75, 3.05) is 39.6 Å². The zero-order valence-corrected chi connectivity index (χ0v) is 19.3. The van der Waals surface area contributed by atoms with Gasteiger partial charge in [0.15, 0.2) is 31.3 Å². The summed E-state index contributed by atoms with van der Waals surface area (Å²) in [5.74, 6) is -11.2. The molecule has 0 aromatic carbocycles. The van der Waals surface area contributed by atoms with E-state index in [1.54, 1.807) is 0 Å². The van der Waals surface area contributed by atoms with Crippen LogP contribution in [0.15, 0.2) is 0 Å². The van der Waals surface area contributed by atoms with Crippen molar-refractivity contribution in [1.29, 1.82) is 0 Å². The lowest BCUT2D eigenvalue weighted by Crippen LogP contribution is -2.55. The van der Waals surface area contributed by atoms with Crippen molar-refractivity contribution in [2.45, 2.75) is 39.7 Å². The zero-order valence-electron chi connectivity index (χ0n) is 19.3. The molecule has 0 spiro atoms. The molecule has 0 saturated carbocycles. The van der Waals surface area contributed by atoms with Crippen LogP contribution in [-0.2, 0) is 62.0 Å². The Morgan fingerprint density at radius 3 is 1.47 bits per heavy atom. The molecule has 34 heavy (non-hydrogen) atoms. The van der Waals surface area contributed by atoms with E-state index in [0.29, 0.717) is 0 Å². The van der Waals surface area contributed by atoms with Crippen molar-refractivity contribution in [2.24, 2.45) is 5.92 Å². The Morgan fingerprint density at radius 1 is 0.647 bits per heavy atom. The van der Waals surface area contributed by atoms with Crippen molar-refractivity contribution in [3.63, 3.8) is 0 Å². The van der Waals surface area contributed by atoms with E-state index in [1.807, 2.05) is 0 Å². The Labute approximate surface area is 194 Å². The van der Waals surface area contributed by atoms with Gasteiger partial charge in [-0.15, -0.1) is 0 Å². The normalized spacial score (nSPS) is 12.9. The number of ketones is 1. The fraction of sp³-hybridized carbons (Fsp3) is 0.650. The number of hydrogen-bond donors (Lipinski definition) is 1. The van der Waals surface area contributed by atoms with Gasteiger partial charge < -0.3 is 33.5 Å². The SMILES string of the molecule is CCOC(=O)COC(=O)CC(O)(C(=O)OCC(=O)OCC)C(C(C)=O)C(=O)OCC(=O)OCC. The van der Waals surface area contributed by atoms with Crippen LogP contribution < -0.4 is 0 Å². The van der Waals surface area contributed by atoms with Crippen molar-refractivity contribution in [3.8, 4) is 0 Å². The molecule has 0 radical (unpaired) electrons. The molecule has 1 N–H and O–H groups in total. The van der Waals surface area contributed by atoms with Crippen LogP contribution in [0.5, 0.6) is 0 Å². The Morgan fingerprint density at radius 2 is 1.06 bits per heavy atom. The minimum Gasteiger partial charge on any atom is -0.463 e. The van der Waals surface area contributed by atoms with E-state index < -0.39 is 79.4 Å². The monoisotopic (exact) mass is 492 g/mol. The molecule has 14 heteroatoms. The second-order valence-corrected chi connectivity index (χ2v) is 6.40. The third kappa shape index (κ3) is 10.4. The maximum Gasteiger partial charge on any atom is 0.344 e. The summed E-state index contributed by atoms with van der Waals surface area (Å²) in [5.41, 5.74) is -3.23. The third-order valence-electron chi connectivity index (χ3n) is 3.81. The number of esters is 6. The smallest absolute Gasteiger partial charge is 0.344 e. The predicted molar refractivity (Wildman–Crippen MR) is 107 cm³/mol. The summed E-state index contributed by atoms with van der Waals surface area (Å²) < 4.78 is 27.5. The fourth-order valence-corrected chi connectivity index (χ4v) is 2.47. The van der Waals surface area contributed by atoms with Crippen LogP contribution in [-0.4, -0.2) is 91.9 Å². The van der Waals surface area contributed by atoms with Crippen LogP contribution in [0.4, 0.5) is 0 Å². The van der Waals surface area contributed by atoms with E-state index in [1.165, 1.54) is 20.8 Å². The molecule has 0 bridgehead atoms. The lowest BCUT2D eigenvalue weighted by molar-refractivity contribution is -0.190. The third-order valence-corrected chi connectivity index (χ3v) is 3.81. The maximum atomic E-state index is 12.6. The molecule has 0 heterocycles. The number of carbonyl (C=O) groups excluding carboxylic acids is 7. The van der Waals surface area contributed by atoms with E-state index in [2.05, 4.69) is 28.4 Å². The van der Waals surface area contributed by atoms with Gasteiger partial charge in [-0.25, -0.2) is 19.2 Å². The molecule has 0 saturated heterocycles. The van der Waals surface area contributed by atoms with Crippen LogP contribution >= 0.6 is 0 Å². The molecule has 0 rings (SSSR count). The molecule has 0 aliphatic rings. The summed E-state index contributed by atoms with van der Waals surface area (Å²) in [6.07, 6.45) is -1.35. The Balaban J connectivity index is 5.79. The maximum absolute atomic E-state index is 12.6. The van der Waals surface area contributed by atoms with Crippen molar-refractivity contribution in [3.05, 3.63) is 0 Å². The van der Waals surface area contributed by atoms with Crippen molar-refractivity contribution in [1.82, 2.24) is 0 Å². The zero-order chi connectivity index (χ0) is 26.3. The predicted octanol–water partition coefficient (Wildman–Crippen LogP) is -1.37. The van der Waals surface area contributed by atoms with Crippen LogP contribution in [0.25, 0.3) is 0 Å². The van der Waals surface area contributed by atoms with Crippen molar-refractivity contribution >= 4 is 41.6 Å². The van der Waals surface area contributed by atoms with Gasteiger partial charge in [0.2, 0.25) is 0 Å². The first-order chi connectivity index (χ1) is 15.9. The van der Waals surface area contributed by atoms with Crippen LogP contribution in [0, 0.1) is 5.92 Å². The number of aliphatic hydroxyl groups is 1. The van der Waals surface area contributed by atoms with Crippen LogP contribution in [0.2, 0.25) is 0 Å². The molecule has 0 amide bonds. The molecule has 0 aliphatic carbocycles. The molecule has 0 aromatic rings. The molecule has 14 nitrogen and oxygen atoms in total. The van der Waals surface area contributed by atoms with Crippen LogP contribution in [0.3, 0.4) is 0 Å². The minimum atomic E-state index is -3.23. The first kappa shape index (κ1) is 30.4. The number of ether oxygens (including phenoxy) is 6. The molecule has 2 unspecified atom stereocenters. The summed E-state index contributed by atoms with van der Waals surface area (Å²) >= 11 is 0. The summed E-state index contributed by atoms with van der Waals surface area (Å²) in [6.45, 7) is 2.27. The largest absolute Gasteiger partial charge is 0.463 e. The summed E-state index contributed by atoms with van der Waals surface area (Å²) in [7, 11) is 0. The molecule has 192 valence electrons. The molecular weight excluding hydrogens is 464 g/mol. The Bertz CT molecular complexity index is 773. The average Bonchev–Trinajstić information content (AvgIpc) is 2.75. The van der Waals surface area contributed by atoms with E-state index in [-0.39, 0.29) is 19.8 Å². The second kappa shape index (κ2) is 15.3. The van der Waals surface area contributed by atoms with Gasteiger partial charge in [0, 0.05) is 0 Å². The highest BCUT2D eigenvalue weighted by molar-refractivity contribution is 6.06. The van der Waals surface area contributed by atoms with E-state index in [0.717, 1.165) is 6.92 Å². The number of Topliss-reactive ketones (excluding diaryl/α,β-unsaturated/α-hetero) is 1. The lowest BCUT2D eigenvalue weighted by atomic mass is 9.81. The Kier molecular flexibility index (Phi) is 13.7.